The van der Waals surface area contributed by atoms with E-state index in [0.29, 0.717) is 11.2 Å². The maximum atomic E-state index is 12.8. The van der Waals surface area contributed by atoms with Gasteiger partial charge in [0, 0.05) is 6.20 Å². The molecule has 0 atom stereocenters. The first-order valence-electron chi connectivity index (χ1n) is 5.94. The number of aromatic nitrogens is 3. The number of rotatable bonds is 2. The van der Waals surface area contributed by atoms with E-state index in [9.17, 15) is 4.39 Å². The first kappa shape index (κ1) is 12.1. The molecule has 20 heavy (non-hydrogen) atoms. The molecule has 4 nitrogen and oxygen atoms in total. The first-order valence-corrected chi connectivity index (χ1v) is 5.94. The van der Waals surface area contributed by atoms with Crippen molar-refractivity contribution in [2.75, 3.05) is 0 Å². The van der Waals surface area contributed by atoms with Crippen LogP contribution in [0.2, 0.25) is 0 Å². The maximum Gasteiger partial charge on any atom is 0.173 e. The monoisotopic (exact) mass is 264 g/mol. The summed E-state index contributed by atoms with van der Waals surface area (Å²) in [6.07, 6.45) is 6.80. The van der Waals surface area contributed by atoms with E-state index in [0.717, 1.165) is 11.3 Å². The summed E-state index contributed by atoms with van der Waals surface area (Å²) in [5, 5.41) is 13.1. The Bertz CT molecular complexity index is 825. The predicted octanol–water partition coefficient (Wildman–Crippen LogP) is 2.91. The molecule has 0 amide bonds. The molecule has 0 fully saturated rings. The molecule has 0 radical (unpaired) electrons. The number of fused-ring (bicyclic) bond motifs is 1. The number of nitrogens with zero attached hydrogens (tertiary/aromatic N) is 4. The second-order valence-corrected chi connectivity index (χ2v) is 4.16. The van der Waals surface area contributed by atoms with Crippen LogP contribution in [0.1, 0.15) is 16.8 Å². The van der Waals surface area contributed by atoms with Crippen LogP contribution in [-0.2, 0) is 0 Å². The van der Waals surface area contributed by atoms with Crippen LogP contribution in [0, 0.1) is 17.1 Å². The van der Waals surface area contributed by atoms with E-state index >= 15 is 0 Å². The Morgan fingerprint density at radius 3 is 2.70 bits per heavy atom. The minimum Gasteiger partial charge on any atom is -0.236 e. The van der Waals surface area contributed by atoms with Crippen molar-refractivity contribution >= 4 is 17.8 Å². The topological polar surface area (TPSA) is 54.0 Å². The first-order chi connectivity index (χ1) is 9.78. The van der Waals surface area contributed by atoms with Gasteiger partial charge in [-0.3, -0.25) is 0 Å². The number of hydrogen-bond acceptors (Lipinski definition) is 3. The van der Waals surface area contributed by atoms with Crippen LogP contribution >= 0.6 is 0 Å². The highest BCUT2D eigenvalue weighted by atomic mass is 19.1. The third-order valence-electron chi connectivity index (χ3n) is 2.87. The van der Waals surface area contributed by atoms with Gasteiger partial charge in [-0.25, -0.2) is 13.9 Å². The Balaban J connectivity index is 2.01. The summed E-state index contributed by atoms with van der Waals surface area (Å²) >= 11 is 0. The van der Waals surface area contributed by atoms with Gasteiger partial charge in [-0.1, -0.05) is 18.2 Å². The smallest absolute Gasteiger partial charge is 0.173 e. The van der Waals surface area contributed by atoms with Crippen LogP contribution in [0.4, 0.5) is 4.39 Å². The molecule has 2 aromatic heterocycles. The van der Waals surface area contributed by atoms with E-state index in [2.05, 4.69) is 10.1 Å². The molecule has 0 aliphatic heterocycles. The van der Waals surface area contributed by atoms with Crippen molar-refractivity contribution in [3.8, 4) is 6.07 Å². The molecule has 3 aromatic rings. The zero-order valence-corrected chi connectivity index (χ0v) is 10.4. The highest BCUT2D eigenvalue weighted by molar-refractivity contribution is 5.69. The van der Waals surface area contributed by atoms with Crippen molar-refractivity contribution in [3.63, 3.8) is 0 Å². The minimum absolute atomic E-state index is 0.265. The largest absolute Gasteiger partial charge is 0.236 e. The molecule has 0 spiro atoms. The quantitative estimate of drug-likeness (QED) is 0.715. The van der Waals surface area contributed by atoms with Crippen LogP contribution in [0.3, 0.4) is 0 Å². The van der Waals surface area contributed by atoms with Crippen molar-refractivity contribution < 1.29 is 4.39 Å². The van der Waals surface area contributed by atoms with Crippen molar-refractivity contribution in [2.24, 2.45) is 0 Å². The summed E-state index contributed by atoms with van der Waals surface area (Å²) < 4.78 is 14.4. The molecule has 0 bridgehead atoms. The number of nitriles is 1. The number of hydrogen-bond donors (Lipinski definition) is 0. The Morgan fingerprint density at radius 1 is 1.15 bits per heavy atom. The van der Waals surface area contributed by atoms with Gasteiger partial charge < -0.3 is 0 Å². The highest BCUT2D eigenvalue weighted by Gasteiger charge is 2.05. The lowest BCUT2D eigenvalue weighted by molar-refractivity contribution is 0.628. The van der Waals surface area contributed by atoms with Crippen LogP contribution in [0.5, 0.6) is 0 Å². The summed E-state index contributed by atoms with van der Waals surface area (Å²) in [5.41, 5.74) is 2.63. The molecular formula is C15H9FN4. The van der Waals surface area contributed by atoms with Crippen molar-refractivity contribution in [3.05, 3.63) is 65.4 Å². The summed E-state index contributed by atoms with van der Waals surface area (Å²) in [6.45, 7) is 0. The molecule has 1 aromatic carbocycles. The molecular weight excluding hydrogens is 255 g/mol. The zero-order chi connectivity index (χ0) is 13.9. The van der Waals surface area contributed by atoms with E-state index in [1.54, 1.807) is 28.9 Å². The molecule has 0 saturated heterocycles. The molecule has 0 aliphatic carbocycles. The van der Waals surface area contributed by atoms with Gasteiger partial charge in [0.1, 0.15) is 17.4 Å². The lowest BCUT2D eigenvalue weighted by Crippen LogP contribution is -1.94. The fraction of sp³-hybridized carbons (Fsp3) is 0. The van der Waals surface area contributed by atoms with E-state index in [-0.39, 0.29) is 5.82 Å². The van der Waals surface area contributed by atoms with E-state index in [1.165, 1.54) is 18.3 Å². The van der Waals surface area contributed by atoms with Gasteiger partial charge in [0.25, 0.3) is 0 Å². The molecule has 0 aliphatic rings. The summed E-state index contributed by atoms with van der Waals surface area (Å²) in [6, 6.07) is 10.0. The Morgan fingerprint density at radius 2 is 1.95 bits per heavy atom. The highest BCUT2D eigenvalue weighted by Crippen LogP contribution is 2.12. The minimum atomic E-state index is -0.265. The number of benzene rings is 1. The molecule has 96 valence electrons. The van der Waals surface area contributed by atoms with Gasteiger partial charge >= 0.3 is 0 Å². The fourth-order valence-corrected chi connectivity index (χ4v) is 1.87. The molecule has 5 heteroatoms. The third kappa shape index (κ3) is 2.15. The van der Waals surface area contributed by atoms with E-state index in [1.807, 2.05) is 18.2 Å². The second-order valence-electron chi connectivity index (χ2n) is 4.16. The van der Waals surface area contributed by atoms with E-state index in [4.69, 9.17) is 5.26 Å². The number of halogens is 1. The van der Waals surface area contributed by atoms with Crippen LogP contribution in [-0.4, -0.2) is 14.6 Å². The SMILES string of the molecule is N#Cc1cnn2c(C=Cc3ccc(F)cc3)ccnc12. The lowest BCUT2D eigenvalue weighted by Gasteiger charge is -1.98. The fourth-order valence-electron chi connectivity index (χ4n) is 1.87. The summed E-state index contributed by atoms with van der Waals surface area (Å²) in [4.78, 5) is 4.13. The van der Waals surface area contributed by atoms with Gasteiger partial charge in [0.15, 0.2) is 5.65 Å². The van der Waals surface area contributed by atoms with Gasteiger partial charge in [0.05, 0.1) is 11.9 Å². The standard InChI is InChI=1S/C15H9FN4/c16-13-4-1-11(2-5-13)3-6-14-7-8-18-15-12(9-17)10-19-20(14)15/h1-8,10H. The average molecular weight is 264 g/mol. The zero-order valence-electron chi connectivity index (χ0n) is 10.4. The van der Waals surface area contributed by atoms with Crippen molar-refractivity contribution in [1.29, 1.82) is 5.26 Å². The normalized spacial score (nSPS) is 11.0. The van der Waals surface area contributed by atoms with Gasteiger partial charge in [-0.2, -0.15) is 10.4 Å². The van der Waals surface area contributed by atoms with Crippen molar-refractivity contribution in [1.82, 2.24) is 14.6 Å². The molecule has 2 heterocycles. The third-order valence-corrected chi connectivity index (χ3v) is 2.87. The van der Waals surface area contributed by atoms with Gasteiger partial charge in [-0.05, 0) is 29.8 Å². The molecule has 0 unspecified atom stereocenters. The summed E-state index contributed by atoms with van der Waals surface area (Å²) in [5.74, 6) is -0.265. The Labute approximate surface area is 114 Å². The van der Waals surface area contributed by atoms with Gasteiger partial charge in [-0.15, -0.1) is 0 Å². The molecule has 0 saturated carbocycles. The predicted molar refractivity (Wildman–Crippen MR) is 73.0 cm³/mol. The van der Waals surface area contributed by atoms with Crippen LogP contribution in [0.15, 0.2) is 42.7 Å². The summed E-state index contributed by atoms with van der Waals surface area (Å²) in [7, 11) is 0. The second kappa shape index (κ2) is 4.94. The average Bonchev–Trinajstić information content (AvgIpc) is 2.90. The van der Waals surface area contributed by atoms with E-state index < -0.39 is 0 Å². The maximum absolute atomic E-state index is 12.8. The van der Waals surface area contributed by atoms with Gasteiger partial charge in [0.2, 0.25) is 0 Å². The lowest BCUT2D eigenvalue weighted by atomic mass is 10.2. The van der Waals surface area contributed by atoms with Crippen LogP contribution in [0.25, 0.3) is 17.8 Å². The Kier molecular flexibility index (Phi) is 2.98. The molecule has 0 N–H and O–H groups in total. The van der Waals surface area contributed by atoms with Crippen molar-refractivity contribution in [2.45, 2.75) is 0 Å². The Hall–Kier alpha value is -3.00. The van der Waals surface area contributed by atoms with Crippen LogP contribution < -0.4 is 0 Å². The molecule has 3 rings (SSSR count).